The lowest BCUT2D eigenvalue weighted by Crippen LogP contribution is -2.23. The van der Waals surface area contributed by atoms with Crippen molar-refractivity contribution in [3.63, 3.8) is 0 Å². The number of carbonyl (C=O) groups excluding carboxylic acids is 1. The Bertz CT molecular complexity index is 476. The third-order valence-corrected chi connectivity index (χ3v) is 3.26. The fourth-order valence-corrected chi connectivity index (χ4v) is 2.18. The molecule has 0 atom stereocenters. The Hall–Kier alpha value is -1.62. The summed E-state index contributed by atoms with van der Waals surface area (Å²) in [5.74, 6) is 0.798. The second-order valence-corrected chi connectivity index (χ2v) is 4.82. The zero-order valence-electron chi connectivity index (χ0n) is 9.60. The fraction of sp³-hybridized carbons (Fsp3) is 0.333. The Kier molecular flexibility index (Phi) is 3.93. The van der Waals surface area contributed by atoms with Crippen LogP contribution in [0.3, 0.4) is 0 Å². The van der Waals surface area contributed by atoms with E-state index >= 15 is 0 Å². The molecule has 17 heavy (non-hydrogen) atoms. The summed E-state index contributed by atoms with van der Waals surface area (Å²) >= 11 is 1.68. The monoisotopic (exact) mass is 250 g/mol. The van der Waals surface area contributed by atoms with Crippen molar-refractivity contribution in [1.29, 1.82) is 0 Å². The lowest BCUT2D eigenvalue weighted by atomic mass is 10.2. The maximum atomic E-state index is 11.6. The highest BCUT2D eigenvalue weighted by molar-refractivity contribution is 7.09. The second-order valence-electron chi connectivity index (χ2n) is 3.78. The zero-order chi connectivity index (χ0) is 12.1. The molecule has 1 amide bonds. The van der Waals surface area contributed by atoms with Crippen LogP contribution in [-0.2, 0) is 17.8 Å². The van der Waals surface area contributed by atoms with Gasteiger partial charge in [-0.25, -0.2) is 0 Å². The predicted molar refractivity (Wildman–Crippen MR) is 65.7 cm³/mol. The van der Waals surface area contributed by atoms with E-state index in [-0.39, 0.29) is 5.91 Å². The molecule has 2 heterocycles. The van der Waals surface area contributed by atoms with Crippen molar-refractivity contribution in [2.45, 2.75) is 26.3 Å². The first-order valence-corrected chi connectivity index (χ1v) is 6.33. The van der Waals surface area contributed by atoms with Crippen LogP contribution in [0.25, 0.3) is 0 Å². The number of amides is 1. The molecule has 5 heteroatoms. The van der Waals surface area contributed by atoms with Crippen molar-refractivity contribution in [2.75, 3.05) is 0 Å². The van der Waals surface area contributed by atoms with Crippen molar-refractivity contribution in [3.8, 4) is 0 Å². The summed E-state index contributed by atoms with van der Waals surface area (Å²) in [6.07, 6.45) is 1.30. The van der Waals surface area contributed by atoms with Gasteiger partial charge in [0.15, 0.2) is 0 Å². The number of rotatable bonds is 5. The molecular weight excluding hydrogens is 236 g/mol. The topological polar surface area (TPSA) is 55.1 Å². The van der Waals surface area contributed by atoms with Gasteiger partial charge in [0, 0.05) is 17.4 Å². The quantitative estimate of drug-likeness (QED) is 0.885. The molecule has 0 bridgehead atoms. The van der Waals surface area contributed by atoms with Gasteiger partial charge in [-0.15, -0.1) is 11.3 Å². The molecule has 4 nitrogen and oxygen atoms in total. The first kappa shape index (κ1) is 11.9. The molecule has 1 N–H and O–H groups in total. The van der Waals surface area contributed by atoms with Gasteiger partial charge in [0.2, 0.25) is 5.91 Å². The normalized spacial score (nSPS) is 10.4. The van der Waals surface area contributed by atoms with Crippen LogP contribution in [0.5, 0.6) is 0 Å². The molecule has 2 aromatic heterocycles. The molecule has 0 aromatic carbocycles. The smallest absolute Gasteiger partial charge is 0.220 e. The summed E-state index contributed by atoms with van der Waals surface area (Å²) in [7, 11) is 0. The molecule has 90 valence electrons. The van der Waals surface area contributed by atoms with E-state index in [1.165, 1.54) is 4.88 Å². The molecule has 0 saturated heterocycles. The Morgan fingerprint density at radius 2 is 2.47 bits per heavy atom. The van der Waals surface area contributed by atoms with Gasteiger partial charge >= 0.3 is 0 Å². The number of aryl methyl sites for hydroxylation is 2. The first-order chi connectivity index (χ1) is 8.24. The number of nitrogens with one attached hydrogen (secondary N) is 1. The van der Waals surface area contributed by atoms with E-state index in [4.69, 9.17) is 4.52 Å². The summed E-state index contributed by atoms with van der Waals surface area (Å²) in [5.41, 5.74) is 0.756. The summed E-state index contributed by atoms with van der Waals surface area (Å²) in [6, 6.07) is 5.86. The van der Waals surface area contributed by atoms with Crippen molar-refractivity contribution in [3.05, 3.63) is 39.9 Å². The van der Waals surface area contributed by atoms with E-state index in [1.54, 1.807) is 11.3 Å². The average Bonchev–Trinajstić information content (AvgIpc) is 2.95. The minimum absolute atomic E-state index is 0.0408. The molecule has 0 aliphatic heterocycles. The van der Waals surface area contributed by atoms with E-state index < -0.39 is 0 Å². The maximum Gasteiger partial charge on any atom is 0.220 e. The van der Waals surface area contributed by atoms with Crippen molar-refractivity contribution >= 4 is 17.2 Å². The summed E-state index contributed by atoms with van der Waals surface area (Å²) < 4.78 is 4.92. The summed E-state index contributed by atoms with van der Waals surface area (Å²) in [6.45, 7) is 2.26. The number of carbonyl (C=O) groups is 1. The van der Waals surface area contributed by atoms with Gasteiger partial charge in [-0.3, -0.25) is 4.79 Å². The lowest BCUT2D eigenvalue weighted by Gasteiger charge is -2.01. The number of thiophene rings is 1. The zero-order valence-corrected chi connectivity index (χ0v) is 10.4. The van der Waals surface area contributed by atoms with E-state index in [9.17, 15) is 4.79 Å². The summed E-state index contributed by atoms with van der Waals surface area (Å²) in [5, 5.41) is 8.65. The van der Waals surface area contributed by atoms with Gasteiger partial charge in [-0.2, -0.15) is 0 Å². The Balaban J connectivity index is 1.71. The number of aromatic nitrogens is 1. The fourth-order valence-electron chi connectivity index (χ4n) is 1.47. The number of hydrogen-bond donors (Lipinski definition) is 1. The number of hydrogen-bond acceptors (Lipinski definition) is 4. The van der Waals surface area contributed by atoms with Crippen molar-refractivity contribution < 1.29 is 9.32 Å². The number of nitrogens with zero attached hydrogens (tertiary/aromatic N) is 1. The SMILES string of the molecule is Cc1cc(CNC(=O)CCc2cccs2)no1. The highest BCUT2D eigenvalue weighted by atomic mass is 32.1. The highest BCUT2D eigenvalue weighted by Gasteiger charge is 2.05. The van der Waals surface area contributed by atoms with Crippen molar-refractivity contribution in [1.82, 2.24) is 10.5 Å². The van der Waals surface area contributed by atoms with E-state index in [1.807, 2.05) is 30.5 Å². The van der Waals surface area contributed by atoms with Gasteiger partial charge in [0.05, 0.1) is 6.54 Å². The second kappa shape index (κ2) is 5.63. The van der Waals surface area contributed by atoms with E-state index in [2.05, 4.69) is 10.5 Å². The standard InChI is InChI=1S/C12H14N2O2S/c1-9-7-10(14-16-9)8-13-12(15)5-4-11-3-2-6-17-11/h2-3,6-7H,4-5,8H2,1H3,(H,13,15). The average molecular weight is 250 g/mol. The third kappa shape index (κ3) is 3.71. The Morgan fingerprint density at radius 1 is 1.59 bits per heavy atom. The summed E-state index contributed by atoms with van der Waals surface area (Å²) in [4.78, 5) is 12.8. The first-order valence-electron chi connectivity index (χ1n) is 5.45. The van der Waals surface area contributed by atoms with Gasteiger partial charge < -0.3 is 9.84 Å². The van der Waals surface area contributed by atoms with Crippen LogP contribution < -0.4 is 5.32 Å². The predicted octanol–water partition coefficient (Wildman–Crippen LogP) is 2.29. The molecule has 0 fully saturated rings. The molecular formula is C12H14N2O2S. The highest BCUT2D eigenvalue weighted by Crippen LogP contribution is 2.10. The van der Waals surface area contributed by atoms with Crippen LogP contribution in [0.1, 0.15) is 22.8 Å². The molecule has 0 aliphatic carbocycles. The van der Waals surface area contributed by atoms with Crippen LogP contribution >= 0.6 is 11.3 Å². The van der Waals surface area contributed by atoms with Crippen LogP contribution in [-0.4, -0.2) is 11.1 Å². The molecule has 0 aliphatic rings. The molecule has 2 rings (SSSR count). The van der Waals surface area contributed by atoms with Crippen molar-refractivity contribution in [2.24, 2.45) is 0 Å². The third-order valence-electron chi connectivity index (χ3n) is 2.32. The van der Waals surface area contributed by atoms with Gasteiger partial charge in [-0.1, -0.05) is 11.2 Å². The molecule has 0 spiro atoms. The van der Waals surface area contributed by atoms with Gasteiger partial charge in [-0.05, 0) is 24.8 Å². The minimum atomic E-state index is 0.0408. The van der Waals surface area contributed by atoms with E-state index in [0.29, 0.717) is 13.0 Å². The molecule has 0 unspecified atom stereocenters. The van der Waals surface area contributed by atoms with Crippen LogP contribution in [0.2, 0.25) is 0 Å². The maximum absolute atomic E-state index is 11.6. The minimum Gasteiger partial charge on any atom is -0.361 e. The Labute approximate surface area is 104 Å². The largest absolute Gasteiger partial charge is 0.361 e. The Morgan fingerprint density at radius 3 is 3.12 bits per heavy atom. The molecule has 0 radical (unpaired) electrons. The van der Waals surface area contributed by atoms with Gasteiger partial charge in [0.1, 0.15) is 11.5 Å². The lowest BCUT2D eigenvalue weighted by molar-refractivity contribution is -0.121. The van der Waals surface area contributed by atoms with Crippen LogP contribution in [0, 0.1) is 6.92 Å². The van der Waals surface area contributed by atoms with Gasteiger partial charge in [0.25, 0.3) is 0 Å². The molecule has 2 aromatic rings. The van der Waals surface area contributed by atoms with Crippen LogP contribution in [0.4, 0.5) is 0 Å². The molecule has 0 saturated carbocycles. The van der Waals surface area contributed by atoms with E-state index in [0.717, 1.165) is 17.9 Å². The van der Waals surface area contributed by atoms with Crippen LogP contribution in [0.15, 0.2) is 28.1 Å².